The van der Waals surface area contributed by atoms with Crippen LogP contribution in [-0.2, 0) is 6.18 Å². The molecule has 1 heterocycles. The minimum absolute atomic E-state index is 0.0600. The van der Waals surface area contributed by atoms with E-state index < -0.39 is 23.4 Å². The summed E-state index contributed by atoms with van der Waals surface area (Å²) in [5.74, 6) is -1.60. The SMILES string of the molecule is CSc1snc(C(F)(F)F)c1C(=O)O. The van der Waals surface area contributed by atoms with Gasteiger partial charge >= 0.3 is 12.1 Å². The molecule has 1 N–H and O–H groups in total. The van der Waals surface area contributed by atoms with Gasteiger partial charge in [-0.25, -0.2) is 4.79 Å². The van der Waals surface area contributed by atoms with Crippen molar-refractivity contribution in [2.75, 3.05) is 6.26 Å². The average Bonchev–Trinajstić information content (AvgIpc) is 2.45. The quantitative estimate of drug-likeness (QED) is 0.811. The summed E-state index contributed by atoms with van der Waals surface area (Å²) in [6.07, 6.45) is -3.21. The fraction of sp³-hybridized carbons (Fsp3) is 0.333. The molecule has 0 amide bonds. The number of alkyl halides is 3. The Kier molecular flexibility index (Phi) is 3.05. The van der Waals surface area contributed by atoms with Crippen LogP contribution in [0.5, 0.6) is 0 Å². The van der Waals surface area contributed by atoms with Gasteiger partial charge in [0.2, 0.25) is 0 Å². The van der Waals surface area contributed by atoms with Crippen LogP contribution in [0.15, 0.2) is 4.21 Å². The van der Waals surface area contributed by atoms with Crippen molar-refractivity contribution >= 4 is 29.3 Å². The highest BCUT2D eigenvalue weighted by atomic mass is 32.2. The van der Waals surface area contributed by atoms with Crippen LogP contribution in [-0.4, -0.2) is 21.7 Å². The van der Waals surface area contributed by atoms with E-state index in [1.54, 1.807) is 0 Å². The zero-order valence-corrected chi connectivity index (χ0v) is 8.39. The molecule has 0 saturated heterocycles. The van der Waals surface area contributed by atoms with E-state index in [1.165, 1.54) is 6.26 Å². The van der Waals surface area contributed by atoms with Crippen molar-refractivity contribution < 1.29 is 23.1 Å². The van der Waals surface area contributed by atoms with Crippen molar-refractivity contribution in [1.82, 2.24) is 4.37 Å². The first-order valence-electron chi connectivity index (χ1n) is 3.22. The molecule has 0 atom stereocenters. The van der Waals surface area contributed by atoms with Crippen LogP contribution in [0, 0.1) is 0 Å². The van der Waals surface area contributed by atoms with Gasteiger partial charge in [0.15, 0.2) is 5.69 Å². The number of carboxylic acids is 1. The summed E-state index contributed by atoms with van der Waals surface area (Å²) in [4.78, 5) is 10.6. The number of hydrogen-bond acceptors (Lipinski definition) is 4. The molecule has 0 fully saturated rings. The number of carbonyl (C=O) groups is 1. The van der Waals surface area contributed by atoms with E-state index in [9.17, 15) is 18.0 Å². The lowest BCUT2D eigenvalue weighted by Crippen LogP contribution is -2.12. The number of nitrogens with zero attached hydrogens (tertiary/aromatic N) is 1. The number of halogens is 3. The van der Waals surface area contributed by atoms with Gasteiger partial charge in [-0.05, 0) is 17.8 Å². The molecule has 1 aromatic rings. The Bertz CT molecular complexity index is 360. The number of aromatic carboxylic acids is 1. The van der Waals surface area contributed by atoms with Crippen LogP contribution in [0.4, 0.5) is 13.2 Å². The van der Waals surface area contributed by atoms with Gasteiger partial charge in [-0.3, -0.25) is 0 Å². The van der Waals surface area contributed by atoms with Gasteiger partial charge in [0, 0.05) is 0 Å². The van der Waals surface area contributed by atoms with Crippen LogP contribution < -0.4 is 0 Å². The molecule has 1 rings (SSSR count). The fourth-order valence-corrected chi connectivity index (χ4v) is 2.24. The Hall–Kier alpha value is -0.760. The normalized spacial score (nSPS) is 11.7. The molecule has 0 aliphatic carbocycles. The molecule has 0 radical (unpaired) electrons. The standard InChI is InChI=1S/C6H4F3NO2S2/c1-13-5-2(4(11)12)3(10-14-5)6(7,8)9/h1H3,(H,11,12). The summed E-state index contributed by atoms with van der Waals surface area (Å²) in [5.41, 5.74) is -2.07. The summed E-state index contributed by atoms with van der Waals surface area (Å²) >= 11 is 1.48. The lowest BCUT2D eigenvalue weighted by Gasteiger charge is -2.03. The Balaban J connectivity index is 3.32. The first-order chi connectivity index (χ1) is 6.38. The minimum Gasteiger partial charge on any atom is -0.478 e. The highest BCUT2D eigenvalue weighted by molar-refractivity contribution is 8.00. The molecular weight excluding hydrogens is 239 g/mol. The van der Waals surface area contributed by atoms with E-state index in [0.717, 1.165) is 11.8 Å². The Morgan fingerprint density at radius 2 is 2.14 bits per heavy atom. The van der Waals surface area contributed by atoms with Gasteiger partial charge in [0.25, 0.3) is 0 Å². The van der Waals surface area contributed by atoms with Crippen molar-refractivity contribution in [1.29, 1.82) is 0 Å². The third kappa shape index (κ3) is 2.01. The molecule has 14 heavy (non-hydrogen) atoms. The first-order valence-corrected chi connectivity index (χ1v) is 5.22. The topological polar surface area (TPSA) is 50.2 Å². The van der Waals surface area contributed by atoms with E-state index in [1.807, 2.05) is 0 Å². The molecule has 0 aliphatic rings. The number of aromatic nitrogens is 1. The second kappa shape index (κ2) is 3.77. The zero-order valence-electron chi connectivity index (χ0n) is 6.75. The number of thioether (sulfide) groups is 1. The molecule has 0 saturated carbocycles. The van der Waals surface area contributed by atoms with Crippen LogP contribution in [0.2, 0.25) is 0 Å². The summed E-state index contributed by atoms with van der Waals surface area (Å²) < 4.78 is 39.8. The number of rotatable bonds is 2. The smallest absolute Gasteiger partial charge is 0.435 e. The average molecular weight is 243 g/mol. The number of hydrogen-bond donors (Lipinski definition) is 1. The summed E-state index contributed by atoms with van der Waals surface area (Å²) in [6, 6.07) is 0. The monoisotopic (exact) mass is 243 g/mol. The highest BCUT2D eigenvalue weighted by Crippen LogP contribution is 2.37. The summed E-state index contributed by atoms with van der Waals surface area (Å²) in [5, 5.41) is 8.58. The molecule has 0 unspecified atom stereocenters. The zero-order chi connectivity index (χ0) is 10.9. The third-order valence-electron chi connectivity index (χ3n) is 1.33. The lowest BCUT2D eigenvalue weighted by atomic mass is 10.2. The maximum atomic E-state index is 12.2. The molecular formula is C6H4F3NO2S2. The van der Waals surface area contributed by atoms with Crippen LogP contribution in [0.3, 0.4) is 0 Å². The van der Waals surface area contributed by atoms with E-state index in [0.29, 0.717) is 11.5 Å². The maximum Gasteiger partial charge on any atom is 0.435 e. The predicted molar refractivity (Wildman–Crippen MR) is 45.9 cm³/mol. The van der Waals surface area contributed by atoms with Crippen molar-refractivity contribution in [3.05, 3.63) is 11.3 Å². The Morgan fingerprint density at radius 1 is 1.57 bits per heavy atom. The molecule has 0 spiro atoms. The Labute approximate surface area is 85.1 Å². The fourth-order valence-electron chi connectivity index (χ4n) is 0.796. The van der Waals surface area contributed by atoms with Crippen LogP contribution in [0.1, 0.15) is 16.1 Å². The molecule has 1 aromatic heterocycles. The van der Waals surface area contributed by atoms with Crippen molar-refractivity contribution in [3.8, 4) is 0 Å². The molecule has 3 nitrogen and oxygen atoms in total. The van der Waals surface area contributed by atoms with Crippen molar-refractivity contribution in [2.24, 2.45) is 0 Å². The van der Waals surface area contributed by atoms with Gasteiger partial charge in [0.1, 0.15) is 5.56 Å². The van der Waals surface area contributed by atoms with Gasteiger partial charge in [-0.15, -0.1) is 11.8 Å². The Morgan fingerprint density at radius 3 is 2.50 bits per heavy atom. The van der Waals surface area contributed by atoms with E-state index >= 15 is 0 Å². The van der Waals surface area contributed by atoms with Crippen LogP contribution in [0.25, 0.3) is 0 Å². The van der Waals surface area contributed by atoms with Gasteiger partial charge in [-0.2, -0.15) is 17.5 Å². The lowest BCUT2D eigenvalue weighted by molar-refractivity contribution is -0.141. The predicted octanol–water partition coefficient (Wildman–Crippen LogP) is 2.58. The van der Waals surface area contributed by atoms with Gasteiger partial charge in [-0.1, -0.05) is 0 Å². The second-order valence-corrected chi connectivity index (χ2v) is 4.05. The largest absolute Gasteiger partial charge is 0.478 e. The number of carboxylic acid groups (broad SMARTS) is 1. The summed E-state index contributed by atoms with van der Waals surface area (Å²) in [6.45, 7) is 0. The van der Waals surface area contributed by atoms with Crippen LogP contribution >= 0.6 is 23.3 Å². The molecule has 0 aromatic carbocycles. The molecule has 0 aliphatic heterocycles. The third-order valence-corrected chi connectivity index (χ3v) is 3.27. The van der Waals surface area contributed by atoms with E-state index in [2.05, 4.69) is 4.37 Å². The second-order valence-electron chi connectivity index (χ2n) is 2.20. The van der Waals surface area contributed by atoms with Crippen molar-refractivity contribution in [2.45, 2.75) is 10.4 Å². The van der Waals surface area contributed by atoms with Gasteiger partial charge < -0.3 is 5.11 Å². The molecule has 8 heteroatoms. The molecule has 0 bridgehead atoms. The van der Waals surface area contributed by atoms with E-state index in [-0.39, 0.29) is 4.21 Å². The highest BCUT2D eigenvalue weighted by Gasteiger charge is 2.40. The summed E-state index contributed by atoms with van der Waals surface area (Å²) in [7, 11) is 0. The van der Waals surface area contributed by atoms with E-state index in [4.69, 9.17) is 5.11 Å². The van der Waals surface area contributed by atoms with Gasteiger partial charge in [0.05, 0.1) is 4.21 Å². The minimum atomic E-state index is -4.71. The van der Waals surface area contributed by atoms with Crippen molar-refractivity contribution in [3.63, 3.8) is 0 Å². The molecule has 78 valence electrons. The first kappa shape index (κ1) is 11.3. The maximum absolute atomic E-state index is 12.2.